The zero-order chi connectivity index (χ0) is 16.2. The minimum absolute atomic E-state index is 0.0685. The Labute approximate surface area is 136 Å². The van der Waals surface area contributed by atoms with Crippen LogP contribution in [0.4, 0.5) is 17.2 Å². The quantitative estimate of drug-likeness (QED) is 0.847. The Hall–Kier alpha value is -2.56. The van der Waals surface area contributed by atoms with Crippen LogP contribution in [0.2, 0.25) is 0 Å². The summed E-state index contributed by atoms with van der Waals surface area (Å²) in [7, 11) is 0. The first-order valence-corrected chi connectivity index (χ1v) is 7.91. The third-order valence-electron chi connectivity index (χ3n) is 3.48. The van der Waals surface area contributed by atoms with E-state index in [0.29, 0.717) is 5.82 Å². The van der Waals surface area contributed by atoms with E-state index in [-0.39, 0.29) is 17.9 Å². The predicted molar refractivity (Wildman–Crippen MR) is 91.1 cm³/mol. The molecule has 2 aromatic rings. The van der Waals surface area contributed by atoms with Crippen molar-refractivity contribution in [1.82, 2.24) is 4.98 Å². The largest absolute Gasteiger partial charge is 0.491 e. The van der Waals surface area contributed by atoms with E-state index in [2.05, 4.69) is 15.6 Å². The fourth-order valence-electron chi connectivity index (χ4n) is 2.17. The van der Waals surface area contributed by atoms with Gasteiger partial charge in [-0.05, 0) is 63.1 Å². The summed E-state index contributed by atoms with van der Waals surface area (Å²) < 4.78 is 5.62. The first-order chi connectivity index (χ1) is 11.1. The molecule has 120 valence electrons. The Balaban J connectivity index is 1.58. The van der Waals surface area contributed by atoms with Gasteiger partial charge >= 0.3 is 0 Å². The highest BCUT2D eigenvalue weighted by molar-refractivity contribution is 5.93. The fraction of sp³-hybridized carbons (Fsp3) is 0.333. The van der Waals surface area contributed by atoms with Crippen molar-refractivity contribution in [2.45, 2.75) is 32.8 Å². The summed E-state index contributed by atoms with van der Waals surface area (Å²) in [6.45, 7) is 4.00. The number of amides is 1. The molecule has 5 nitrogen and oxygen atoms in total. The number of hydrogen-bond donors (Lipinski definition) is 2. The van der Waals surface area contributed by atoms with Crippen LogP contribution in [-0.4, -0.2) is 17.0 Å². The molecule has 0 saturated heterocycles. The molecule has 2 N–H and O–H groups in total. The summed E-state index contributed by atoms with van der Waals surface area (Å²) in [6, 6.07) is 11.5. The highest BCUT2D eigenvalue weighted by Gasteiger charge is 2.29. The van der Waals surface area contributed by atoms with Gasteiger partial charge in [0, 0.05) is 11.6 Å². The molecule has 0 aliphatic heterocycles. The Morgan fingerprint density at radius 3 is 2.39 bits per heavy atom. The molecule has 23 heavy (non-hydrogen) atoms. The first kappa shape index (κ1) is 15.3. The lowest BCUT2D eigenvalue weighted by Crippen LogP contribution is -2.14. The molecule has 0 bridgehead atoms. The molecule has 1 heterocycles. The summed E-state index contributed by atoms with van der Waals surface area (Å²) in [5.74, 6) is 1.69. The van der Waals surface area contributed by atoms with Crippen LogP contribution in [0.25, 0.3) is 0 Å². The normalized spacial score (nSPS) is 13.7. The summed E-state index contributed by atoms with van der Waals surface area (Å²) in [4.78, 5) is 15.9. The lowest BCUT2D eigenvalue weighted by Gasteiger charge is -2.11. The van der Waals surface area contributed by atoms with Gasteiger partial charge in [0.05, 0.1) is 18.0 Å². The van der Waals surface area contributed by atoms with Gasteiger partial charge in [-0.1, -0.05) is 0 Å². The number of hydrogen-bond acceptors (Lipinski definition) is 4. The van der Waals surface area contributed by atoms with Crippen molar-refractivity contribution < 1.29 is 9.53 Å². The molecule has 0 atom stereocenters. The third-order valence-corrected chi connectivity index (χ3v) is 3.48. The molecule has 1 aromatic carbocycles. The van der Waals surface area contributed by atoms with Crippen LogP contribution in [-0.2, 0) is 4.79 Å². The van der Waals surface area contributed by atoms with E-state index in [1.54, 1.807) is 12.3 Å². The molecule has 5 heteroatoms. The van der Waals surface area contributed by atoms with Crippen LogP contribution >= 0.6 is 0 Å². The highest BCUT2D eigenvalue weighted by atomic mass is 16.5. The number of carbonyl (C=O) groups excluding carboxylic acids is 1. The van der Waals surface area contributed by atoms with Crippen molar-refractivity contribution in [3.05, 3.63) is 42.6 Å². The number of pyridine rings is 1. The molecular weight excluding hydrogens is 290 g/mol. The second-order valence-corrected chi connectivity index (χ2v) is 6.01. The first-order valence-electron chi connectivity index (χ1n) is 7.91. The average Bonchev–Trinajstić information content (AvgIpc) is 3.35. The van der Waals surface area contributed by atoms with Gasteiger partial charge in [0.2, 0.25) is 5.91 Å². The van der Waals surface area contributed by atoms with Gasteiger partial charge in [0.1, 0.15) is 11.6 Å². The van der Waals surface area contributed by atoms with E-state index >= 15 is 0 Å². The molecule has 3 rings (SSSR count). The number of anilines is 3. The lowest BCUT2D eigenvalue weighted by atomic mass is 10.3. The second kappa shape index (κ2) is 6.69. The standard InChI is InChI=1S/C18H21N3O2/c1-12(2)23-16-8-5-14(6-9-16)20-15-7-10-17(19-11-15)21-18(22)13-3-4-13/h5-13,20H,3-4H2,1-2H3,(H,19,21,22). The van der Waals surface area contributed by atoms with Crippen LogP contribution in [0, 0.1) is 5.92 Å². The van der Waals surface area contributed by atoms with Crippen molar-refractivity contribution in [2.75, 3.05) is 10.6 Å². The number of aromatic nitrogens is 1. The number of ether oxygens (including phenoxy) is 1. The van der Waals surface area contributed by atoms with E-state index in [9.17, 15) is 4.79 Å². The lowest BCUT2D eigenvalue weighted by molar-refractivity contribution is -0.117. The monoisotopic (exact) mass is 311 g/mol. The molecule has 1 aromatic heterocycles. The smallest absolute Gasteiger partial charge is 0.228 e. The Morgan fingerprint density at radius 2 is 1.83 bits per heavy atom. The molecule has 1 fully saturated rings. The van der Waals surface area contributed by atoms with E-state index in [1.807, 2.05) is 44.2 Å². The zero-order valence-electron chi connectivity index (χ0n) is 13.4. The molecule has 1 saturated carbocycles. The molecule has 1 aliphatic carbocycles. The van der Waals surface area contributed by atoms with Gasteiger partial charge < -0.3 is 15.4 Å². The molecule has 0 unspecified atom stereocenters. The van der Waals surface area contributed by atoms with Crippen LogP contribution < -0.4 is 15.4 Å². The van der Waals surface area contributed by atoms with Gasteiger partial charge in [0.25, 0.3) is 0 Å². The van der Waals surface area contributed by atoms with E-state index in [0.717, 1.165) is 30.0 Å². The molecule has 0 radical (unpaired) electrons. The number of nitrogens with zero attached hydrogens (tertiary/aromatic N) is 1. The summed E-state index contributed by atoms with van der Waals surface area (Å²) in [5.41, 5.74) is 1.82. The van der Waals surface area contributed by atoms with Gasteiger partial charge in [-0.25, -0.2) is 4.98 Å². The Bertz CT molecular complexity index is 662. The number of carbonyl (C=O) groups is 1. The van der Waals surface area contributed by atoms with Crippen LogP contribution in [0.3, 0.4) is 0 Å². The van der Waals surface area contributed by atoms with Gasteiger partial charge in [0.15, 0.2) is 0 Å². The SMILES string of the molecule is CC(C)Oc1ccc(Nc2ccc(NC(=O)C3CC3)nc2)cc1. The minimum Gasteiger partial charge on any atom is -0.491 e. The maximum atomic E-state index is 11.7. The highest BCUT2D eigenvalue weighted by Crippen LogP contribution is 2.30. The number of rotatable bonds is 6. The van der Waals surface area contributed by atoms with Crippen molar-refractivity contribution >= 4 is 23.1 Å². The third kappa shape index (κ3) is 4.45. The Kier molecular flexibility index (Phi) is 4.46. The van der Waals surface area contributed by atoms with Crippen LogP contribution in [0.15, 0.2) is 42.6 Å². The maximum Gasteiger partial charge on any atom is 0.228 e. The van der Waals surface area contributed by atoms with Crippen molar-refractivity contribution in [3.63, 3.8) is 0 Å². The molecule has 1 aliphatic rings. The van der Waals surface area contributed by atoms with Crippen LogP contribution in [0.1, 0.15) is 26.7 Å². The number of benzene rings is 1. The molecular formula is C18H21N3O2. The molecule has 0 spiro atoms. The summed E-state index contributed by atoms with van der Waals surface area (Å²) in [6.07, 6.45) is 3.85. The van der Waals surface area contributed by atoms with Gasteiger partial charge in [-0.15, -0.1) is 0 Å². The molecule has 1 amide bonds. The minimum atomic E-state index is 0.0685. The van der Waals surface area contributed by atoms with Crippen molar-refractivity contribution in [1.29, 1.82) is 0 Å². The fourth-order valence-corrected chi connectivity index (χ4v) is 2.17. The predicted octanol–water partition coefficient (Wildman–Crippen LogP) is 3.96. The second-order valence-electron chi connectivity index (χ2n) is 6.01. The van der Waals surface area contributed by atoms with E-state index in [1.165, 1.54) is 0 Å². The average molecular weight is 311 g/mol. The summed E-state index contributed by atoms with van der Waals surface area (Å²) in [5, 5.41) is 6.10. The van der Waals surface area contributed by atoms with E-state index in [4.69, 9.17) is 4.74 Å². The van der Waals surface area contributed by atoms with Gasteiger partial charge in [-0.2, -0.15) is 0 Å². The van der Waals surface area contributed by atoms with E-state index < -0.39 is 0 Å². The number of nitrogens with one attached hydrogen (secondary N) is 2. The topological polar surface area (TPSA) is 63.2 Å². The van der Waals surface area contributed by atoms with Crippen LogP contribution in [0.5, 0.6) is 5.75 Å². The van der Waals surface area contributed by atoms with Crippen molar-refractivity contribution in [3.8, 4) is 5.75 Å². The zero-order valence-corrected chi connectivity index (χ0v) is 13.4. The maximum absolute atomic E-state index is 11.7. The van der Waals surface area contributed by atoms with Crippen molar-refractivity contribution in [2.24, 2.45) is 5.92 Å². The Morgan fingerprint density at radius 1 is 1.13 bits per heavy atom. The summed E-state index contributed by atoms with van der Waals surface area (Å²) >= 11 is 0. The van der Waals surface area contributed by atoms with Gasteiger partial charge in [-0.3, -0.25) is 4.79 Å².